The van der Waals surface area contributed by atoms with Crippen molar-refractivity contribution in [2.24, 2.45) is 0 Å². The zero-order valence-electron chi connectivity index (χ0n) is 10.1. The molecule has 0 unspecified atom stereocenters. The summed E-state index contributed by atoms with van der Waals surface area (Å²) in [5.41, 5.74) is -0.641. The van der Waals surface area contributed by atoms with Crippen LogP contribution in [0.2, 0.25) is 5.02 Å². The molecule has 98 valence electrons. The third-order valence-electron chi connectivity index (χ3n) is 3.64. The molecule has 0 bridgehead atoms. The highest BCUT2D eigenvalue weighted by Crippen LogP contribution is 2.50. The summed E-state index contributed by atoms with van der Waals surface area (Å²) in [5.74, 6) is -0.818. The van der Waals surface area contributed by atoms with Crippen LogP contribution in [0.25, 0.3) is 0 Å². The minimum absolute atomic E-state index is 0.0792. The van der Waals surface area contributed by atoms with Crippen LogP contribution in [0.4, 0.5) is 0 Å². The fourth-order valence-electron chi connectivity index (χ4n) is 2.75. The Kier molecular flexibility index (Phi) is 3.39. The van der Waals surface area contributed by atoms with E-state index in [0.717, 1.165) is 12.8 Å². The minimum atomic E-state index is -1.04. The predicted octanol–water partition coefficient (Wildman–Crippen LogP) is 2.95. The Hall–Kier alpha value is -1.42. The van der Waals surface area contributed by atoms with Crippen LogP contribution in [0.3, 0.4) is 0 Å². The molecule has 5 heteroatoms. The van der Waals surface area contributed by atoms with Gasteiger partial charge in [-0.1, -0.05) is 24.4 Å². The molecule has 0 amide bonds. The molecule has 0 aromatic heterocycles. The highest BCUT2D eigenvalue weighted by molar-refractivity contribution is 6.32. The highest BCUT2D eigenvalue weighted by atomic mass is 35.5. The monoisotopic (exact) mass is 270 g/mol. The lowest BCUT2D eigenvalue weighted by atomic mass is 9.78. The van der Waals surface area contributed by atoms with E-state index < -0.39 is 11.4 Å². The van der Waals surface area contributed by atoms with Crippen LogP contribution in [0.1, 0.15) is 31.2 Å². The second kappa shape index (κ2) is 4.69. The summed E-state index contributed by atoms with van der Waals surface area (Å²) in [5, 5.41) is 19.7. The van der Waals surface area contributed by atoms with E-state index >= 15 is 0 Å². The van der Waals surface area contributed by atoms with Crippen LogP contribution < -0.4 is 4.74 Å². The molecule has 1 aliphatic carbocycles. The first-order chi connectivity index (χ1) is 8.53. The first kappa shape index (κ1) is 13.0. The topological polar surface area (TPSA) is 66.8 Å². The second-order valence-electron chi connectivity index (χ2n) is 4.57. The minimum Gasteiger partial charge on any atom is -0.504 e. The van der Waals surface area contributed by atoms with Gasteiger partial charge >= 0.3 is 5.97 Å². The number of halogens is 1. The quantitative estimate of drug-likeness (QED) is 0.886. The maximum atomic E-state index is 11.7. The molecule has 0 heterocycles. The van der Waals surface area contributed by atoms with E-state index in [4.69, 9.17) is 16.3 Å². The largest absolute Gasteiger partial charge is 0.504 e. The molecule has 1 saturated carbocycles. The van der Waals surface area contributed by atoms with Crippen LogP contribution in [0, 0.1) is 0 Å². The fourth-order valence-corrected chi connectivity index (χ4v) is 3.08. The number of carboxylic acids is 1. The Labute approximate surface area is 110 Å². The number of aliphatic carboxylic acids is 1. The van der Waals surface area contributed by atoms with Crippen molar-refractivity contribution < 1.29 is 19.7 Å². The number of phenolic OH excluding ortho intramolecular Hbond substituents is 1. The summed E-state index contributed by atoms with van der Waals surface area (Å²) in [6, 6.07) is 2.92. The number of hydrogen-bond donors (Lipinski definition) is 2. The SMILES string of the molecule is COc1c(O)ccc(Cl)c1C1(C(=O)O)CCCC1. The number of carbonyl (C=O) groups is 1. The van der Waals surface area contributed by atoms with Crippen molar-refractivity contribution in [2.45, 2.75) is 31.1 Å². The molecule has 1 fully saturated rings. The standard InChI is InChI=1S/C13H15ClO4/c1-18-11-9(15)5-4-8(14)10(11)13(12(16)17)6-2-3-7-13/h4-5,15H,2-3,6-7H2,1H3,(H,16,17). The molecule has 2 N–H and O–H groups in total. The molecule has 1 aliphatic rings. The van der Waals surface area contributed by atoms with Crippen molar-refractivity contribution in [2.75, 3.05) is 7.11 Å². The van der Waals surface area contributed by atoms with Crippen molar-refractivity contribution in [1.29, 1.82) is 0 Å². The summed E-state index contributed by atoms with van der Waals surface area (Å²) < 4.78 is 5.15. The molecule has 0 saturated heterocycles. The lowest BCUT2D eigenvalue weighted by molar-refractivity contribution is -0.143. The van der Waals surface area contributed by atoms with E-state index in [1.165, 1.54) is 19.2 Å². The van der Waals surface area contributed by atoms with Crippen molar-refractivity contribution >= 4 is 17.6 Å². The zero-order valence-corrected chi connectivity index (χ0v) is 10.8. The molecule has 0 aliphatic heterocycles. The average molecular weight is 271 g/mol. The highest BCUT2D eigenvalue weighted by Gasteiger charge is 2.46. The number of hydrogen-bond acceptors (Lipinski definition) is 3. The first-order valence-corrected chi connectivity index (χ1v) is 6.20. The summed E-state index contributed by atoms with van der Waals surface area (Å²) >= 11 is 6.14. The van der Waals surface area contributed by atoms with E-state index in [0.29, 0.717) is 23.4 Å². The number of phenols is 1. The van der Waals surface area contributed by atoms with Crippen LogP contribution in [-0.4, -0.2) is 23.3 Å². The van der Waals surface area contributed by atoms with Crippen molar-refractivity contribution in [3.63, 3.8) is 0 Å². The van der Waals surface area contributed by atoms with Crippen LogP contribution in [-0.2, 0) is 10.2 Å². The number of methoxy groups -OCH3 is 1. The number of ether oxygens (including phenoxy) is 1. The third-order valence-corrected chi connectivity index (χ3v) is 3.95. The normalized spacial score (nSPS) is 17.7. The van der Waals surface area contributed by atoms with Crippen molar-refractivity contribution in [3.8, 4) is 11.5 Å². The summed E-state index contributed by atoms with van der Waals surface area (Å²) in [6.07, 6.45) is 2.70. The molecule has 0 atom stereocenters. The van der Waals surface area contributed by atoms with Gasteiger partial charge in [0.05, 0.1) is 12.5 Å². The Balaban J connectivity index is 2.68. The average Bonchev–Trinajstić information content (AvgIpc) is 2.82. The van der Waals surface area contributed by atoms with Gasteiger partial charge in [0.25, 0.3) is 0 Å². The molecule has 2 rings (SSSR count). The maximum absolute atomic E-state index is 11.7. The number of benzene rings is 1. The molecule has 4 nitrogen and oxygen atoms in total. The van der Waals surface area contributed by atoms with Gasteiger partial charge in [-0.25, -0.2) is 0 Å². The number of rotatable bonds is 3. The number of aromatic hydroxyl groups is 1. The van der Waals surface area contributed by atoms with Gasteiger partial charge in [-0.05, 0) is 25.0 Å². The van der Waals surface area contributed by atoms with Gasteiger partial charge in [-0.15, -0.1) is 0 Å². The van der Waals surface area contributed by atoms with E-state index in [2.05, 4.69) is 0 Å². The molecule has 0 radical (unpaired) electrons. The summed E-state index contributed by atoms with van der Waals surface area (Å²) in [7, 11) is 1.40. The van der Waals surface area contributed by atoms with Gasteiger partial charge in [0.1, 0.15) is 0 Å². The molecule has 1 aromatic carbocycles. The van der Waals surface area contributed by atoms with Gasteiger partial charge in [0, 0.05) is 10.6 Å². The van der Waals surface area contributed by atoms with E-state index in [-0.39, 0.29) is 11.5 Å². The van der Waals surface area contributed by atoms with E-state index in [1.807, 2.05) is 0 Å². The lowest BCUT2D eigenvalue weighted by Crippen LogP contribution is -2.33. The summed E-state index contributed by atoms with van der Waals surface area (Å²) in [4.78, 5) is 11.7. The Bertz CT molecular complexity index is 478. The molecule has 18 heavy (non-hydrogen) atoms. The van der Waals surface area contributed by atoms with Crippen molar-refractivity contribution in [1.82, 2.24) is 0 Å². The molecule has 1 aromatic rings. The maximum Gasteiger partial charge on any atom is 0.314 e. The van der Waals surface area contributed by atoms with Crippen LogP contribution >= 0.6 is 11.6 Å². The Morgan fingerprint density at radius 3 is 2.50 bits per heavy atom. The third kappa shape index (κ3) is 1.81. The van der Waals surface area contributed by atoms with E-state index in [9.17, 15) is 15.0 Å². The lowest BCUT2D eigenvalue weighted by Gasteiger charge is -2.27. The van der Waals surface area contributed by atoms with Crippen LogP contribution in [0.15, 0.2) is 12.1 Å². The van der Waals surface area contributed by atoms with Gasteiger partial charge in [-0.3, -0.25) is 4.79 Å². The van der Waals surface area contributed by atoms with Gasteiger partial charge in [0.15, 0.2) is 11.5 Å². The summed E-state index contributed by atoms with van der Waals surface area (Å²) in [6.45, 7) is 0. The van der Waals surface area contributed by atoms with Gasteiger partial charge < -0.3 is 14.9 Å². The Morgan fingerprint density at radius 1 is 1.39 bits per heavy atom. The molecular formula is C13H15ClO4. The van der Waals surface area contributed by atoms with Crippen LogP contribution in [0.5, 0.6) is 11.5 Å². The smallest absolute Gasteiger partial charge is 0.314 e. The zero-order chi connectivity index (χ0) is 13.3. The number of carboxylic acid groups (broad SMARTS) is 1. The predicted molar refractivity (Wildman–Crippen MR) is 67.5 cm³/mol. The fraction of sp³-hybridized carbons (Fsp3) is 0.462. The first-order valence-electron chi connectivity index (χ1n) is 5.82. The van der Waals surface area contributed by atoms with E-state index in [1.54, 1.807) is 0 Å². The van der Waals surface area contributed by atoms with Crippen molar-refractivity contribution in [3.05, 3.63) is 22.7 Å². The molecular weight excluding hydrogens is 256 g/mol. The molecule has 0 spiro atoms. The second-order valence-corrected chi connectivity index (χ2v) is 4.98. The Morgan fingerprint density at radius 2 is 2.00 bits per heavy atom. The van der Waals surface area contributed by atoms with Gasteiger partial charge in [0.2, 0.25) is 0 Å². The van der Waals surface area contributed by atoms with Gasteiger partial charge in [-0.2, -0.15) is 0 Å².